The van der Waals surface area contributed by atoms with E-state index in [-0.39, 0.29) is 23.8 Å². The van der Waals surface area contributed by atoms with Crippen LogP contribution in [-0.4, -0.2) is 44.8 Å². The van der Waals surface area contributed by atoms with Gasteiger partial charge in [0.2, 0.25) is 11.8 Å². The second-order valence-corrected chi connectivity index (χ2v) is 12.0. The lowest BCUT2D eigenvalue weighted by Gasteiger charge is -2.33. The second kappa shape index (κ2) is 14.0. The molecule has 8 heteroatoms. The Balaban J connectivity index is 1.78. The van der Waals surface area contributed by atoms with E-state index in [0.717, 1.165) is 33.0 Å². The first kappa shape index (κ1) is 30.5. The van der Waals surface area contributed by atoms with Gasteiger partial charge in [0, 0.05) is 20.0 Å². The van der Waals surface area contributed by atoms with E-state index >= 15 is 0 Å². The third-order valence-electron chi connectivity index (χ3n) is 7.20. The van der Waals surface area contributed by atoms with Gasteiger partial charge >= 0.3 is 0 Å². The van der Waals surface area contributed by atoms with Crippen molar-refractivity contribution < 1.29 is 18.0 Å². The zero-order chi connectivity index (χ0) is 30.1. The molecule has 1 N–H and O–H groups in total. The molecule has 4 aromatic rings. The molecule has 0 aliphatic carbocycles. The molecule has 0 heterocycles. The Hall–Kier alpha value is -4.43. The van der Waals surface area contributed by atoms with Gasteiger partial charge < -0.3 is 10.2 Å². The summed E-state index contributed by atoms with van der Waals surface area (Å²) in [7, 11) is -2.57. The largest absolute Gasteiger partial charge is 0.357 e. The average molecular weight is 584 g/mol. The van der Waals surface area contributed by atoms with Gasteiger partial charge in [0.1, 0.15) is 12.6 Å². The van der Waals surface area contributed by atoms with E-state index in [1.807, 2.05) is 80.6 Å². The number of benzene rings is 4. The lowest BCUT2D eigenvalue weighted by atomic mass is 10.0. The highest BCUT2D eigenvalue weighted by Gasteiger charge is 2.34. The predicted octanol–water partition coefficient (Wildman–Crippen LogP) is 5.14. The summed E-state index contributed by atoms with van der Waals surface area (Å²) in [6.07, 6.45) is 1.07. The Bertz CT molecular complexity index is 1590. The van der Waals surface area contributed by atoms with Crippen molar-refractivity contribution in [2.75, 3.05) is 17.9 Å². The van der Waals surface area contributed by atoms with E-state index in [1.165, 1.54) is 24.1 Å². The van der Waals surface area contributed by atoms with Crippen molar-refractivity contribution in [1.29, 1.82) is 0 Å². The fraction of sp³-hybridized carbons (Fsp3) is 0.235. The van der Waals surface area contributed by atoms with Crippen molar-refractivity contribution >= 4 is 27.5 Å². The number of anilines is 1. The summed E-state index contributed by atoms with van der Waals surface area (Å²) >= 11 is 0. The van der Waals surface area contributed by atoms with Crippen LogP contribution in [-0.2, 0) is 39.0 Å². The maximum atomic E-state index is 14.3. The van der Waals surface area contributed by atoms with Crippen LogP contribution >= 0.6 is 0 Å². The summed E-state index contributed by atoms with van der Waals surface area (Å²) in [5.74, 6) is -0.815. The van der Waals surface area contributed by atoms with Gasteiger partial charge in [0.25, 0.3) is 10.0 Å². The van der Waals surface area contributed by atoms with Crippen molar-refractivity contribution in [2.24, 2.45) is 0 Å². The zero-order valence-corrected chi connectivity index (χ0v) is 25.1. The van der Waals surface area contributed by atoms with Gasteiger partial charge in [-0.15, -0.1) is 0 Å². The zero-order valence-electron chi connectivity index (χ0n) is 24.2. The van der Waals surface area contributed by atoms with Gasteiger partial charge in [-0.25, -0.2) is 8.42 Å². The Morgan fingerprint density at radius 3 is 2.00 bits per heavy atom. The highest BCUT2D eigenvalue weighted by atomic mass is 32.2. The van der Waals surface area contributed by atoms with E-state index < -0.39 is 28.5 Å². The molecule has 0 aliphatic heterocycles. The first-order valence-corrected chi connectivity index (χ1v) is 15.4. The smallest absolute Gasteiger partial charge is 0.264 e. The fourth-order valence-electron chi connectivity index (χ4n) is 4.87. The third kappa shape index (κ3) is 7.44. The van der Waals surface area contributed by atoms with Gasteiger partial charge in [0.15, 0.2) is 0 Å². The van der Waals surface area contributed by atoms with E-state index in [0.29, 0.717) is 5.69 Å². The molecule has 0 spiro atoms. The number of nitrogens with one attached hydrogen (secondary N) is 1. The standard InChI is InChI=1S/C34H37N3O4S/c1-4-27-18-20-30(21-19-27)37(42(40,41)31-16-9-6-10-17-31)25-33(38)36(24-29-15-11-12-26(2)22-29)32(34(39)35-3)23-28-13-7-5-8-14-28/h5-22,32H,4,23-25H2,1-3H3,(H,35,39)/t32-/m1/s1. The lowest BCUT2D eigenvalue weighted by Crippen LogP contribution is -2.53. The van der Waals surface area contributed by atoms with Crippen LogP contribution in [0.15, 0.2) is 114 Å². The van der Waals surface area contributed by atoms with Crippen LogP contribution in [0.3, 0.4) is 0 Å². The summed E-state index contributed by atoms with van der Waals surface area (Å²) in [4.78, 5) is 29.2. The highest BCUT2D eigenvalue weighted by molar-refractivity contribution is 7.92. The number of carbonyl (C=O) groups is 2. The molecule has 0 fully saturated rings. The number of aryl methyl sites for hydroxylation is 2. The quantitative estimate of drug-likeness (QED) is 0.250. The maximum Gasteiger partial charge on any atom is 0.264 e. The Labute approximate surface area is 248 Å². The molecule has 4 aromatic carbocycles. The van der Waals surface area contributed by atoms with Crippen molar-refractivity contribution in [3.63, 3.8) is 0 Å². The molecule has 218 valence electrons. The average Bonchev–Trinajstić information content (AvgIpc) is 3.02. The molecule has 0 radical (unpaired) electrons. The lowest BCUT2D eigenvalue weighted by molar-refractivity contribution is -0.139. The predicted molar refractivity (Wildman–Crippen MR) is 167 cm³/mol. The van der Waals surface area contributed by atoms with Crippen molar-refractivity contribution in [3.05, 3.63) is 131 Å². The molecule has 0 unspecified atom stereocenters. The molecule has 42 heavy (non-hydrogen) atoms. The number of likely N-dealkylation sites (N-methyl/N-ethyl adjacent to an activating group) is 1. The number of carbonyl (C=O) groups excluding carboxylic acids is 2. The fourth-order valence-corrected chi connectivity index (χ4v) is 6.31. The molecule has 4 rings (SSSR count). The maximum absolute atomic E-state index is 14.3. The Morgan fingerprint density at radius 1 is 0.786 bits per heavy atom. The number of amides is 2. The van der Waals surface area contributed by atoms with Gasteiger partial charge in [-0.2, -0.15) is 0 Å². The third-order valence-corrected chi connectivity index (χ3v) is 8.98. The van der Waals surface area contributed by atoms with Crippen LogP contribution in [0.25, 0.3) is 0 Å². The summed E-state index contributed by atoms with van der Waals surface area (Å²) in [5, 5.41) is 2.71. The molecule has 1 atom stereocenters. The van der Waals surface area contributed by atoms with Crippen molar-refractivity contribution in [3.8, 4) is 0 Å². The van der Waals surface area contributed by atoms with Crippen LogP contribution in [0.2, 0.25) is 0 Å². The monoisotopic (exact) mass is 583 g/mol. The van der Waals surface area contributed by atoms with Crippen molar-refractivity contribution in [2.45, 2.75) is 44.2 Å². The first-order valence-electron chi connectivity index (χ1n) is 14.0. The first-order chi connectivity index (χ1) is 20.2. The summed E-state index contributed by atoms with van der Waals surface area (Å²) < 4.78 is 29.1. The van der Waals surface area contributed by atoms with Gasteiger partial charge in [0.05, 0.1) is 10.6 Å². The Kier molecular flexibility index (Phi) is 10.1. The normalized spacial score (nSPS) is 11.9. The topological polar surface area (TPSA) is 86.8 Å². The van der Waals surface area contributed by atoms with E-state index in [4.69, 9.17) is 0 Å². The van der Waals surface area contributed by atoms with E-state index in [2.05, 4.69) is 5.32 Å². The van der Waals surface area contributed by atoms with Crippen LogP contribution in [0, 0.1) is 6.92 Å². The molecular weight excluding hydrogens is 546 g/mol. The molecule has 2 amide bonds. The molecule has 0 bridgehead atoms. The molecule has 0 aromatic heterocycles. The second-order valence-electron chi connectivity index (χ2n) is 10.2. The number of hydrogen-bond acceptors (Lipinski definition) is 4. The SMILES string of the molecule is CCc1ccc(N(CC(=O)N(Cc2cccc(C)c2)[C@H](Cc2ccccc2)C(=O)NC)S(=O)(=O)c2ccccc2)cc1. The number of hydrogen-bond donors (Lipinski definition) is 1. The number of rotatable bonds is 12. The summed E-state index contributed by atoms with van der Waals surface area (Å²) in [6.45, 7) is 3.64. The van der Waals surface area contributed by atoms with Gasteiger partial charge in [-0.05, 0) is 54.3 Å². The summed E-state index contributed by atoms with van der Waals surface area (Å²) in [5.41, 5.74) is 4.17. The van der Waals surface area contributed by atoms with Crippen LogP contribution in [0.4, 0.5) is 5.69 Å². The minimum Gasteiger partial charge on any atom is -0.357 e. The number of sulfonamides is 1. The van der Waals surface area contributed by atoms with Crippen LogP contribution in [0.1, 0.15) is 29.2 Å². The minimum atomic E-state index is -4.11. The Morgan fingerprint density at radius 2 is 1.40 bits per heavy atom. The minimum absolute atomic E-state index is 0.0785. The number of nitrogens with zero attached hydrogens (tertiary/aromatic N) is 2. The van der Waals surface area contributed by atoms with Gasteiger partial charge in [-0.3, -0.25) is 13.9 Å². The molecule has 7 nitrogen and oxygen atoms in total. The van der Waals surface area contributed by atoms with Crippen LogP contribution in [0.5, 0.6) is 0 Å². The molecule has 0 saturated carbocycles. The summed E-state index contributed by atoms with van der Waals surface area (Å²) in [6, 6.07) is 31.6. The highest BCUT2D eigenvalue weighted by Crippen LogP contribution is 2.25. The van der Waals surface area contributed by atoms with Gasteiger partial charge in [-0.1, -0.05) is 97.4 Å². The van der Waals surface area contributed by atoms with E-state index in [1.54, 1.807) is 30.3 Å². The molecule has 0 aliphatic rings. The molecular formula is C34H37N3O4S. The van der Waals surface area contributed by atoms with E-state index in [9.17, 15) is 18.0 Å². The molecule has 0 saturated heterocycles. The van der Waals surface area contributed by atoms with Crippen molar-refractivity contribution in [1.82, 2.24) is 10.2 Å². The van der Waals surface area contributed by atoms with Crippen LogP contribution < -0.4 is 9.62 Å².